The Bertz CT molecular complexity index is 1100. The van der Waals surface area contributed by atoms with E-state index in [-0.39, 0.29) is 17.6 Å². The molecule has 4 rings (SSSR count). The molecule has 0 radical (unpaired) electrons. The zero-order valence-corrected chi connectivity index (χ0v) is 18.0. The molecule has 1 fully saturated rings. The number of hydrogen-bond donors (Lipinski definition) is 1. The highest BCUT2D eigenvalue weighted by Crippen LogP contribution is 2.31. The van der Waals surface area contributed by atoms with Crippen molar-refractivity contribution in [2.24, 2.45) is 5.92 Å². The standard InChI is InChI=1S/C24H25FN4O3/c1-31-19-6-7-20(22(13-19)32-2)28-24(30)16-8-10-29(11-9-16)23-14-21(26-15-27-23)17-4-3-5-18(25)12-17/h3-7,12-16H,8-11H2,1-2H3,(H,28,30). The summed E-state index contributed by atoms with van der Waals surface area (Å²) in [6.45, 7) is 1.38. The molecule has 1 N–H and O–H groups in total. The van der Waals surface area contributed by atoms with Crippen LogP contribution in [0.4, 0.5) is 15.9 Å². The van der Waals surface area contributed by atoms with Gasteiger partial charge in [0.25, 0.3) is 0 Å². The number of nitrogens with zero attached hydrogens (tertiary/aromatic N) is 3. The Hall–Kier alpha value is -3.68. The summed E-state index contributed by atoms with van der Waals surface area (Å²) in [5.74, 6) is 1.55. The molecule has 2 heterocycles. The maximum Gasteiger partial charge on any atom is 0.227 e. The second-order valence-corrected chi connectivity index (χ2v) is 7.59. The van der Waals surface area contributed by atoms with Gasteiger partial charge in [-0.1, -0.05) is 12.1 Å². The summed E-state index contributed by atoms with van der Waals surface area (Å²) in [5, 5.41) is 2.97. The Morgan fingerprint density at radius 3 is 2.59 bits per heavy atom. The van der Waals surface area contributed by atoms with Crippen molar-refractivity contribution in [3.8, 4) is 22.8 Å². The first-order valence-corrected chi connectivity index (χ1v) is 10.4. The van der Waals surface area contributed by atoms with Crippen molar-refractivity contribution in [1.82, 2.24) is 9.97 Å². The SMILES string of the molecule is COc1ccc(NC(=O)C2CCN(c3cc(-c4cccc(F)c4)ncn3)CC2)c(OC)c1. The van der Waals surface area contributed by atoms with Crippen LogP contribution in [0.1, 0.15) is 12.8 Å². The van der Waals surface area contributed by atoms with E-state index in [1.807, 2.05) is 12.1 Å². The predicted octanol–water partition coefficient (Wildman–Crippen LogP) is 4.16. The Morgan fingerprint density at radius 2 is 1.88 bits per heavy atom. The fourth-order valence-electron chi connectivity index (χ4n) is 3.83. The van der Waals surface area contributed by atoms with Crippen LogP contribution in [0.15, 0.2) is 54.9 Å². The summed E-state index contributed by atoms with van der Waals surface area (Å²) < 4.78 is 24.1. The molecule has 8 heteroatoms. The fraction of sp³-hybridized carbons (Fsp3) is 0.292. The minimum absolute atomic E-state index is 0.0312. The number of carbonyl (C=O) groups excluding carboxylic acids is 1. The van der Waals surface area contributed by atoms with Gasteiger partial charge in [0.15, 0.2) is 0 Å². The van der Waals surface area contributed by atoms with Gasteiger partial charge in [0.2, 0.25) is 5.91 Å². The van der Waals surface area contributed by atoms with Crippen LogP contribution in [0.3, 0.4) is 0 Å². The number of halogens is 1. The molecule has 2 aromatic carbocycles. The van der Waals surface area contributed by atoms with Gasteiger partial charge in [-0.2, -0.15) is 0 Å². The molecule has 0 unspecified atom stereocenters. The summed E-state index contributed by atoms with van der Waals surface area (Å²) in [6.07, 6.45) is 2.89. The maximum atomic E-state index is 13.6. The first-order valence-electron chi connectivity index (χ1n) is 10.4. The molecule has 1 aliphatic heterocycles. The molecule has 1 saturated heterocycles. The van der Waals surface area contributed by atoms with Crippen molar-refractivity contribution >= 4 is 17.4 Å². The van der Waals surface area contributed by atoms with Gasteiger partial charge in [-0.3, -0.25) is 4.79 Å². The summed E-state index contributed by atoms with van der Waals surface area (Å²) in [4.78, 5) is 23.6. The van der Waals surface area contributed by atoms with E-state index in [9.17, 15) is 9.18 Å². The van der Waals surface area contributed by atoms with Gasteiger partial charge in [-0.25, -0.2) is 14.4 Å². The number of methoxy groups -OCH3 is 2. The lowest BCUT2D eigenvalue weighted by molar-refractivity contribution is -0.120. The highest BCUT2D eigenvalue weighted by Gasteiger charge is 2.26. The van der Waals surface area contributed by atoms with E-state index in [1.165, 1.54) is 18.5 Å². The second-order valence-electron chi connectivity index (χ2n) is 7.59. The van der Waals surface area contributed by atoms with Crippen LogP contribution in [0.25, 0.3) is 11.3 Å². The van der Waals surface area contributed by atoms with Gasteiger partial charge in [-0.15, -0.1) is 0 Å². The Labute approximate surface area is 186 Å². The van der Waals surface area contributed by atoms with E-state index in [4.69, 9.17) is 9.47 Å². The Morgan fingerprint density at radius 1 is 1.06 bits per heavy atom. The summed E-state index contributed by atoms with van der Waals surface area (Å²) in [6, 6.07) is 13.5. The highest BCUT2D eigenvalue weighted by atomic mass is 19.1. The van der Waals surface area contributed by atoms with Crippen LogP contribution in [0, 0.1) is 11.7 Å². The van der Waals surface area contributed by atoms with Crippen LogP contribution < -0.4 is 19.7 Å². The van der Waals surface area contributed by atoms with Crippen LogP contribution in [-0.4, -0.2) is 43.2 Å². The third-order valence-electron chi connectivity index (χ3n) is 5.63. The second kappa shape index (κ2) is 9.64. The average molecular weight is 436 g/mol. The Balaban J connectivity index is 1.39. The van der Waals surface area contributed by atoms with E-state index in [1.54, 1.807) is 38.5 Å². The summed E-state index contributed by atoms with van der Waals surface area (Å²) in [5.41, 5.74) is 1.99. The number of piperidine rings is 1. The molecule has 3 aromatic rings. The number of aromatic nitrogens is 2. The molecule has 0 aliphatic carbocycles. The minimum atomic E-state index is -0.303. The van der Waals surface area contributed by atoms with Crippen molar-refractivity contribution in [3.63, 3.8) is 0 Å². The largest absolute Gasteiger partial charge is 0.497 e. The third-order valence-corrected chi connectivity index (χ3v) is 5.63. The van der Waals surface area contributed by atoms with Crippen LogP contribution in [-0.2, 0) is 4.79 Å². The molecule has 1 amide bonds. The monoisotopic (exact) mass is 436 g/mol. The van der Waals surface area contributed by atoms with E-state index in [0.717, 1.165) is 5.82 Å². The Kier molecular flexibility index (Phi) is 6.49. The maximum absolute atomic E-state index is 13.6. The van der Waals surface area contributed by atoms with E-state index in [2.05, 4.69) is 20.2 Å². The zero-order valence-electron chi connectivity index (χ0n) is 18.0. The lowest BCUT2D eigenvalue weighted by atomic mass is 9.95. The lowest BCUT2D eigenvalue weighted by Crippen LogP contribution is -2.38. The topological polar surface area (TPSA) is 76.6 Å². The van der Waals surface area contributed by atoms with Crippen molar-refractivity contribution in [2.75, 3.05) is 37.5 Å². The average Bonchev–Trinajstić information content (AvgIpc) is 2.84. The highest BCUT2D eigenvalue weighted by molar-refractivity contribution is 5.94. The lowest BCUT2D eigenvalue weighted by Gasteiger charge is -2.32. The number of anilines is 2. The number of ether oxygens (including phenoxy) is 2. The molecule has 0 bridgehead atoms. The molecular weight excluding hydrogens is 411 g/mol. The number of rotatable bonds is 6. The molecular formula is C24H25FN4O3. The minimum Gasteiger partial charge on any atom is -0.497 e. The normalized spacial score (nSPS) is 14.2. The zero-order chi connectivity index (χ0) is 22.5. The van der Waals surface area contributed by atoms with Gasteiger partial charge in [0.1, 0.15) is 29.5 Å². The smallest absolute Gasteiger partial charge is 0.227 e. The molecule has 32 heavy (non-hydrogen) atoms. The number of amides is 1. The van der Waals surface area contributed by atoms with Crippen molar-refractivity contribution in [2.45, 2.75) is 12.8 Å². The predicted molar refractivity (Wildman–Crippen MR) is 121 cm³/mol. The number of hydrogen-bond acceptors (Lipinski definition) is 6. The fourth-order valence-corrected chi connectivity index (χ4v) is 3.83. The van der Waals surface area contributed by atoms with Crippen molar-refractivity contribution in [3.05, 3.63) is 60.7 Å². The van der Waals surface area contributed by atoms with Gasteiger partial charge in [0.05, 0.1) is 25.6 Å². The van der Waals surface area contributed by atoms with E-state index < -0.39 is 0 Å². The van der Waals surface area contributed by atoms with Crippen LogP contribution >= 0.6 is 0 Å². The van der Waals surface area contributed by atoms with Gasteiger partial charge in [-0.05, 0) is 37.1 Å². The molecule has 7 nitrogen and oxygen atoms in total. The quantitative estimate of drug-likeness (QED) is 0.626. The number of nitrogens with one attached hydrogen (secondary N) is 1. The molecule has 0 spiro atoms. The van der Waals surface area contributed by atoms with Gasteiger partial charge < -0.3 is 19.7 Å². The van der Waals surface area contributed by atoms with Crippen molar-refractivity contribution < 1.29 is 18.7 Å². The summed E-state index contributed by atoms with van der Waals surface area (Å²) in [7, 11) is 3.14. The summed E-state index contributed by atoms with van der Waals surface area (Å²) >= 11 is 0. The van der Waals surface area contributed by atoms with Gasteiger partial charge >= 0.3 is 0 Å². The first-order chi connectivity index (χ1) is 15.6. The van der Waals surface area contributed by atoms with E-state index in [0.29, 0.717) is 54.4 Å². The van der Waals surface area contributed by atoms with Gasteiger partial charge in [0, 0.05) is 36.7 Å². The van der Waals surface area contributed by atoms with E-state index >= 15 is 0 Å². The molecule has 1 aromatic heterocycles. The molecule has 166 valence electrons. The molecule has 1 aliphatic rings. The number of benzene rings is 2. The van der Waals surface area contributed by atoms with Crippen LogP contribution in [0.2, 0.25) is 0 Å². The first kappa shape index (κ1) is 21.5. The van der Waals surface area contributed by atoms with Crippen molar-refractivity contribution in [1.29, 1.82) is 0 Å². The molecule has 0 saturated carbocycles. The molecule has 0 atom stereocenters. The van der Waals surface area contributed by atoms with Crippen LogP contribution in [0.5, 0.6) is 11.5 Å². The number of carbonyl (C=O) groups is 1. The third kappa shape index (κ3) is 4.80.